The van der Waals surface area contributed by atoms with Gasteiger partial charge in [-0.05, 0) is 5.56 Å². The Balaban J connectivity index is 2.51. The number of oxime groups is 1. The van der Waals surface area contributed by atoms with E-state index in [2.05, 4.69) is 10.3 Å². The molecule has 0 saturated carbocycles. The zero-order valence-electron chi connectivity index (χ0n) is 9.33. The molecule has 0 unspecified atom stereocenters. The van der Waals surface area contributed by atoms with E-state index < -0.39 is 0 Å². The van der Waals surface area contributed by atoms with Gasteiger partial charge in [0.1, 0.15) is 24.8 Å². The van der Waals surface area contributed by atoms with Crippen LogP contribution in [0.15, 0.2) is 46.3 Å². The van der Waals surface area contributed by atoms with Gasteiger partial charge in [-0.2, -0.15) is 0 Å². The van der Waals surface area contributed by atoms with Crippen LogP contribution in [0.5, 0.6) is 0 Å². The fraction of sp³-hybridized carbons (Fsp3) is 0.167. The summed E-state index contributed by atoms with van der Waals surface area (Å²) in [5, 5.41) is 17.0. The number of aromatic nitrogens is 1. The second-order valence-electron chi connectivity index (χ2n) is 3.32. The highest BCUT2D eigenvalue weighted by atomic mass is 16.6. The molecule has 0 spiro atoms. The number of hydrogen-bond acceptors (Lipinski definition) is 5. The summed E-state index contributed by atoms with van der Waals surface area (Å²) in [6.45, 7) is -0.0727. The quantitative estimate of drug-likeness (QED) is 0.641. The molecule has 1 N–H and O–H groups in total. The number of rotatable bonds is 4. The van der Waals surface area contributed by atoms with Gasteiger partial charge in [-0.25, -0.2) is 0 Å². The zero-order chi connectivity index (χ0) is 12.1. The van der Waals surface area contributed by atoms with Gasteiger partial charge in [0.25, 0.3) is 0 Å². The molecule has 2 rings (SSSR count). The van der Waals surface area contributed by atoms with Crippen LogP contribution in [-0.2, 0) is 11.4 Å². The van der Waals surface area contributed by atoms with Gasteiger partial charge in [-0.1, -0.05) is 34.6 Å². The number of aliphatic hydroxyl groups is 1. The smallest absolute Gasteiger partial charge is 0.139 e. The maximum absolute atomic E-state index is 9.29. The van der Waals surface area contributed by atoms with Crippen LogP contribution in [0.25, 0.3) is 0 Å². The standard InChI is InChI=1S/C12H12N2O3/c1-16-14-12(11-6-7-17-13-11)10-5-3-2-4-9(10)8-15/h2-7,15H,8H2,1H3. The largest absolute Gasteiger partial charge is 0.399 e. The van der Waals surface area contributed by atoms with Crippen LogP contribution in [0.3, 0.4) is 0 Å². The molecule has 0 aliphatic carbocycles. The van der Waals surface area contributed by atoms with Crippen LogP contribution in [0.4, 0.5) is 0 Å². The highest BCUT2D eigenvalue weighted by molar-refractivity contribution is 6.12. The third-order valence-corrected chi connectivity index (χ3v) is 2.31. The number of aliphatic hydroxyl groups excluding tert-OH is 1. The van der Waals surface area contributed by atoms with Crippen molar-refractivity contribution < 1.29 is 14.5 Å². The number of benzene rings is 1. The summed E-state index contributed by atoms with van der Waals surface area (Å²) in [5.41, 5.74) is 2.62. The summed E-state index contributed by atoms with van der Waals surface area (Å²) >= 11 is 0. The molecule has 17 heavy (non-hydrogen) atoms. The molecule has 0 radical (unpaired) electrons. The van der Waals surface area contributed by atoms with Gasteiger partial charge in [0.05, 0.1) is 6.61 Å². The Kier molecular flexibility index (Phi) is 3.52. The molecule has 0 bridgehead atoms. The molecular formula is C12H12N2O3. The van der Waals surface area contributed by atoms with E-state index in [1.807, 2.05) is 24.3 Å². The van der Waals surface area contributed by atoms with Crippen LogP contribution in [-0.4, -0.2) is 23.1 Å². The first-order valence-electron chi connectivity index (χ1n) is 5.08. The second-order valence-corrected chi connectivity index (χ2v) is 3.32. The molecule has 5 heteroatoms. The molecule has 0 atom stereocenters. The Labute approximate surface area is 98.3 Å². The lowest BCUT2D eigenvalue weighted by molar-refractivity contribution is 0.213. The van der Waals surface area contributed by atoms with Crippen molar-refractivity contribution >= 4 is 5.71 Å². The monoisotopic (exact) mass is 232 g/mol. The summed E-state index contributed by atoms with van der Waals surface area (Å²) in [4.78, 5) is 4.81. The summed E-state index contributed by atoms with van der Waals surface area (Å²) in [6, 6.07) is 9.06. The molecule has 1 heterocycles. The minimum atomic E-state index is -0.0727. The van der Waals surface area contributed by atoms with E-state index >= 15 is 0 Å². The average molecular weight is 232 g/mol. The molecular weight excluding hydrogens is 220 g/mol. The van der Waals surface area contributed by atoms with Gasteiger partial charge >= 0.3 is 0 Å². The number of hydrogen-bond donors (Lipinski definition) is 1. The van der Waals surface area contributed by atoms with Crippen molar-refractivity contribution in [3.05, 3.63) is 53.4 Å². The van der Waals surface area contributed by atoms with Crippen molar-refractivity contribution in [1.82, 2.24) is 5.16 Å². The predicted octanol–water partition coefficient (Wildman–Crippen LogP) is 1.57. The Morgan fingerprint density at radius 1 is 1.41 bits per heavy atom. The van der Waals surface area contributed by atoms with E-state index in [0.717, 1.165) is 11.1 Å². The van der Waals surface area contributed by atoms with Crippen molar-refractivity contribution in [1.29, 1.82) is 0 Å². The van der Waals surface area contributed by atoms with E-state index in [1.165, 1.54) is 13.4 Å². The van der Waals surface area contributed by atoms with Gasteiger partial charge in [-0.15, -0.1) is 0 Å². The summed E-state index contributed by atoms with van der Waals surface area (Å²) < 4.78 is 4.79. The molecule has 0 saturated heterocycles. The van der Waals surface area contributed by atoms with Crippen LogP contribution in [0.2, 0.25) is 0 Å². The van der Waals surface area contributed by atoms with E-state index in [0.29, 0.717) is 11.4 Å². The first kappa shape index (κ1) is 11.3. The van der Waals surface area contributed by atoms with Gasteiger partial charge in [0.15, 0.2) is 0 Å². The normalized spacial score (nSPS) is 11.5. The van der Waals surface area contributed by atoms with Crippen molar-refractivity contribution in [2.24, 2.45) is 5.16 Å². The van der Waals surface area contributed by atoms with Crippen LogP contribution < -0.4 is 0 Å². The van der Waals surface area contributed by atoms with Crippen molar-refractivity contribution in [2.75, 3.05) is 7.11 Å². The Bertz CT molecular complexity index is 506. The Morgan fingerprint density at radius 2 is 2.24 bits per heavy atom. The fourth-order valence-corrected chi connectivity index (χ4v) is 1.55. The molecule has 0 aliphatic rings. The van der Waals surface area contributed by atoms with Gasteiger partial charge in [0, 0.05) is 11.6 Å². The van der Waals surface area contributed by atoms with Crippen LogP contribution in [0, 0.1) is 0 Å². The summed E-state index contributed by atoms with van der Waals surface area (Å²) in [5.74, 6) is 0. The highest BCUT2D eigenvalue weighted by Gasteiger charge is 2.14. The minimum Gasteiger partial charge on any atom is -0.399 e. The molecule has 2 aromatic rings. The Hall–Kier alpha value is -2.14. The van der Waals surface area contributed by atoms with E-state index in [-0.39, 0.29) is 6.61 Å². The minimum absolute atomic E-state index is 0.0727. The van der Waals surface area contributed by atoms with E-state index in [1.54, 1.807) is 6.07 Å². The van der Waals surface area contributed by atoms with Crippen LogP contribution >= 0.6 is 0 Å². The lowest BCUT2D eigenvalue weighted by Crippen LogP contribution is -2.08. The molecule has 0 aliphatic heterocycles. The van der Waals surface area contributed by atoms with Crippen LogP contribution in [0.1, 0.15) is 16.8 Å². The zero-order valence-corrected chi connectivity index (χ0v) is 9.33. The predicted molar refractivity (Wildman–Crippen MR) is 61.5 cm³/mol. The van der Waals surface area contributed by atoms with Gasteiger partial charge in [0.2, 0.25) is 0 Å². The molecule has 5 nitrogen and oxygen atoms in total. The van der Waals surface area contributed by atoms with E-state index in [4.69, 9.17) is 9.36 Å². The van der Waals surface area contributed by atoms with Crippen molar-refractivity contribution in [3.63, 3.8) is 0 Å². The Morgan fingerprint density at radius 3 is 2.88 bits per heavy atom. The molecule has 0 amide bonds. The molecule has 1 aromatic heterocycles. The van der Waals surface area contributed by atoms with E-state index in [9.17, 15) is 5.11 Å². The van der Waals surface area contributed by atoms with Gasteiger partial charge in [-0.3, -0.25) is 0 Å². The number of nitrogens with zero attached hydrogens (tertiary/aromatic N) is 2. The summed E-state index contributed by atoms with van der Waals surface area (Å²) in [6.07, 6.45) is 1.46. The lowest BCUT2D eigenvalue weighted by Gasteiger charge is -2.07. The molecule has 1 aromatic carbocycles. The fourth-order valence-electron chi connectivity index (χ4n) is 1.55. The molecule has 0 fully saturated rings. The third-order valence-electron chi connectivity index (χ3n) is 2.31. The third kappa shape index (κ3) is 2.34. The van der Waals surface area contributed by atoms with Crippen molar-refractivity contribution in [2.45, 2.75) is 6.61 Å². The maximum atomic E-state index is 9.29. The highest BCUT2D eigenvalue weighted by Crippen LogP contribution is 2.15. The average Bonchev–Trinajstić information content (AvgIpc) is 2.89. The second kappa shape index (κ2) is 5.27. The van der Waals surface area contributed by atoms with Gasteiger partial charge < -0.3 is 14.5 Å². The topological polar surface area (TPSA) is 67.9 Å². The van der Waals surface area contributed by atoms with Crippen molar-refractivity contribution in [3.8, 4) is 0 Å². The SMILES string of the molecule is CON=C(c1ccon1)c1ccccc1CO. The molecule has 88 valence electrons. The maximum Gasteiger partial charge on any atom is 0.139 e. The first-order valence-corrected chi connectivity index (χ1v) is 5.08. The first-order chi connectivity index (χ1) is 8.36. The summed E-state index contributed by atoms with van der Waals surface area (Å²) in [7, 11) is 1.46. The lowest BCUT2D eigenvalue weighted by atomic mass is 10.0.